The standard InChI is InChI=1S/C19H30O4.C16H26O4.C15H24O4.C15H26O4/c1-4-18(2,3)16(20)22-5-6-23-17(21)19-10-13-7-14(11-19)9-15(8-13)12-19;1-4-16(2,3)15(18)20-8-7-19-14(17)13-10-11-5-6-12(13)9-11;1-4-15(2,3)14(17)18-9-13(16)19-12-8-10-5-6-11(12)7-10;1-4-15(2,3)14(17)19-11-10-18-13(16)12-8-6-5-7-9-12/h13-15H,4-12H2,1-3H3;11-13H,4-10H2,1-3H3;10-12H,4-9H2,1-3H3;12H,4-11H2,1-3H3. The molecule has 0 saturated heterocycles. The van der Waals surface area contributed by atoms with E-state index in [1.54, 1.807) is 0 Å². The van der Waals surface area contributed by atoms with Crippen LogP contribution in [0.3, 0.4) is 0 Å². The molecule has 0 amide bonds. The largest absolute Gasteiger partial charge is 0.462 e. The van der Waals surface area contributed by atoms with Crippen molar-refractivity contribution in [2.75, 3.05) is 46.2 Å². The first kappa shape index (κ1) is 67.5. The van der Waals surface area contributed by atoms with E-state index in [1.807, 2.05) is 83.1 Å². The van der Waals surface area contributed by atoms with E-state index >= 15 is 0 Å². The van der Waals surface area contributed by atoms with Gasteiger partial charge in [-0.2, -0.15) is 0 Å². The van der Waals surface area contributed by atoms with Gasteiger partial charge in [0.25, 0.3) is 0 Å². The zero-order chi connectivity index (χ0) is 59.8. The van der Waals surface area contributed by atoms with Crippen LogP contribution < -0.4 is 0 Å². The van der Waals surface area contributed by atoms with Gasteiger partial charge in [0, 0.05) is 0 Å². The van der Waals surface area contributed by atoms with Gasteiger partial charge < -0.3 is 37.9 Å². The minimum Gasteiger partial charge on any atom is -0.462 e. The van der Waals surface area contributed by atoms with Crippen molar-refractivity contribution in [3.63, 3.8) is 0 Å². The third-order valence-electron chi connectivity index (χ3n) is 20.1. The Morgan fingerprint density at radius 2 is 0.790 bits per heavy atom. The van der Waals surface area contributed by atoms with Crippen LogP contribution in [0.15, 0.2) is 0 Å². The number of carbonyl (C=O) groups excluding carboxylic acids is 8. The van der Waals surface area contributed by atoms with Crippen molar-refractivity contribution >= 4 is 47.8 Å². The van der Waals surface area contributed by atoms with E-state index in [1.165, 1.54) is 64.2 Å². The Balaban J connectivity index is 0.000000199. The fourth-order valence-electron chi connectivity index (χ4n) is 13.4. The quantitative estimate of drug-likeness (QED) is 0.0529. The normalized spacial score (nSPS) is 27.9. The number of hydrogen-bond acceptors (Lipinski definition) is 16. The van der Waals surface area contributed by atoms with Gasteiger partial charge in [-0.25, -0.2) is 4.79 Å². The lowest BCUT2D eigenvalue weighted by Gasteiger charge is -2.55. The van der Waals surface area contributed by atoms with E-state index in [4.69, 9.17) is 37.9 Å². The third kappa shape index (κ3) is 19.7. The van der Waals surface area contributed by atoms with E-state index in [-0.39, 0.29) is 111 Å². The van der Waals surface area contributed by atoms with Crippen LogP contribution in [-0.2, 0) is 76.3 Å². The van der Waals surface area contributed by atoms with Crippen LogP contribution in [-0.4, -0.2) is 100 Å². The highest BCUT2D eigenvalue weighted by atomic mass is 16.6. The van der Waals surface area contributed by atoms with Crippen molar-refractivity contribution in [1.82, 2.24) is 0 Å². The van der Waals surface area contributed by atoms with Gasteiger partial charge in [-0.15, -0.1) is 0 Å². The molecule has 9 aliphatic carbocycles. The van der Waals surface area contributed by atoms with Crippen LogP contribution in [0.2, 0.25) is 0 Å². The second-order valence-corrected chi connectivity index (χ2v) is 27.9. The number of carbonyl (C=O) groups is 8. The van der Waals surface area contributed by atoms with E-state index in [0.29, 0.717) is 18.3 Å². The second kappa shape index (κ2) is 30.5. The molecule has 6 atom stereocenters. The lowest BCUT2D eigenvalue weighted by molar-refractivity contribution is -0.175. The predicted octanol–water partition coefficient (Wildman–Crippen LogP) is 12.5. The summed E-state index contributed by atoms with van der Waals surface area (Å²) in [6, 6.07) is 0. The lowest BCUT2D eigenvalue weighted by Crippen LogP contribution is -2.50. The number of hydrogen-bond donors (Lipinski definition) is 0. The predicted molar refractivity (Wildman–Crippen MR) is 304 cm³/mol. The third-order valence-corrected chi connectivity index (χ3v) is 20.1. The van der Waals surface area contributed by atoms with Crippen LogP contribution in [0.4, 0.5) is 0 Å². The molecule has 9 saturated carbocycles. The van der Waals surface area contributed by atoms with Crippen LogP contribution in [0.1, 0.15) is 231 Å². The molecule has 0 aromatic heterocycles. The summed E-state index contributed by atoms with van der Waals surface area (Å²) < 4.78 is 41.9. The fraction of sp³-hybridized carbons (Fsp3) is 0.877. The van der Waals surface area contributed by atoms with Gasteiger partial charge in [0.2, 0.25) is 0 Å². The Kier molecular flexibility index (Phi) is 25.5. The van der Waals surface area contributed by atoms with Crippen LogP contribution in [0, 0.1) is 80.3 Å². The van der Waals surface area contributed by atoms with E-state index in [0.717, 1.165) is 107 Å². The molecule has 0 spiro atoms. The Morgan fingerprint density at radius 3 is 1.19 bits per heavy atom. The molecule has 0 radical (unpaired) electrons. The van der Waals surface area contributed by atoms with Gasteiger partial charge >= 0.3 is 47.8 Å². The Morgan fingerprint density at radius 1 is 0.395 bits per heavy atom. The maximum Gasteiger partial charge on any atom is 0.344 e. The van der Waals surface area contributed by atoms with Gasteiger partial charge in [-0.1, -0.05) is 53.4 Å². The van der Waals surface area contributed by atoms with Crippen molar-refractivity contribution in [1.29, 1.82) is 0 Å². The summed E-state index contributed by atoms with van der Waals surface area (Å²) in [6.45, 7) is 23.3. The Hall–Kier alpha value is -4.24. The molecular weight excluding hydrogens is 1040 g/mol. The van der Waals surface area contributed by atoms with Gasteiger partial charge in [-0.3, -0.25) is 33.6 Å². The molecule has 16 nitrogen and oxygen atoms in total. The van der Waals surface area contributed by atoms with E-state index in [2.05, 4.69) is 0 Å². The number of ether oxygens (including phenoxy) is 8. The topological polar surface area (TPSA) is 210 Å². The summed E-state index contributed by atoms with van der Waals surface area (Å²) >= 11 is 0. The molecule has 9 fully saturated rings. The Bertz CT molecular complexity index is 2060. The maximum absolute atomic E-state index is 12.6. The molecule has 0 aromatic rings. The molecule has 0 aromatic carbocycles. The molecular formula is C65H106O16. The summed E-state index contributed by atoms with van der Waals surface area (Å²) in [7, 11) is 0. The highest BCUT2D eigenvalue weighted by molar-refractivity contribution is 5.80. The lowest BCUT2D eigenvalue weighted by atomic mass is 9.49. The zero-order valence-electron chi connectivity index (χ0n) is 52.0. The maximum atomic E-state index is 12.6. The van der Waals surface area contributed by atoms with Crippen molar-refractivity contribution in [2.24, 2.45) is 80.3 Å². The summed E-state index contributed by atoms with van der Waals surface area (Å²) in [5.74, 6) is 3.22. The molecule has 6 unspecified atom stereocenters. The number of fused-ring (bicyclic) bond motifs is 4. The molecule has 0 N–H and O–H groups in total. The summed E-state index contributed by atoms with van der Waals surface area (Å²) in [5, 5.41) is 0. The Labute approximate surface area is 485 Å². The first-order valence-corrected chi connectivity index (χ1v) is 31.6. The highest BCUT2D eigenvalue weighted by Gasteiger charge is 2.55. The average Bonchev–Trinajstić information content (AvgIpc) is 4.46. The molecule has 9 aliphatic rings. The van der Waals surface area contributed by atoms with Crippen LogP contribution in [0.25, 0.3) is 0 Å². The molecule has 0 heterocycles. The SMILES string of the molecule is CCC(C)(C)C(=O)OCC(=O)OC1CC2CCC1C2.CCC(C)(C)C(=O)OCCOC(=O)C12CC3CC(CC(C3)C1)C2.CCC(C)(C)C(=O)OCCOC(=O)C1CC2CCC1C2.CCC(C)(C)C(=O)OCCOC(=O)C1CCCCC1. The zero-order valence-corrected chi connectivity index (χ0v) is 52.0. The number of rotatable bonds is 23. The molecule has 9 rings (SSSR count). The minimum atomic E-state index is -0.535. The highest BCUT2D eigenvalue weighted by Crippen LogP contribution is 2.60. The second-order valence-electron chi connectivity index (χ2n) is 27.9. The first-order valence-electron chi connectivity index (χ1n) is 31.6. The molecule has 81 heavy (non-hydrogen) atoms. The summed E-state index contributed by atoms with van der Waals surface area (Å²) in [4.78, 5) is 95.1. The van der Waals surface area contributed by atoms with Crippen molar-refractivity contribution in [3.05, 3.63) is 0 Å². The van der Waals surface area contributed by atoms with Crippen molar-refractivity contribution < 1.29 is 76.3 Å². The summed E-state index contributed by atoms with van der Waals surface area (Å²) in [6.07, 6.45) is 24.5. The molecule has 16 heteroatoms. The summed E-state index contributed by atoms with van der Waals surface area (Å²) in [5.41, 5.74) is -2.15. The van der Waals surface area contributed by atoms with Crippen molar-refractivity contribution in [3.8, 4) is 0 Å². The smallest absolute Gasteiger partial charge is 0.344 e. The van der Waals surface area contributed by atoms with E-state index in [9.17, 15) is 38.4 Å². The van der Waals surface area contributed by atoms with Gasteiger partial charge in [0.15, 0.2) is 6.61 Å². The minimum absolute atomic E-state index is 0.0394. The van der Waals surface area contributed by atoms with E-state index < -0.39 is 27.6 Å². The fourth-order valence-corrected chi connectivity index (χ4v) is 13.4. The van der Waals surface area contributed by atoms with Gasteiger partial charge in [-0.05, 0) is 219 Å². The van der Waals surface area contributed by atoms with Gasteiger partial charge in [0.1, 0.15) is 45.7 Å². The monoisotopic (exact) mass is 1140 g/mol. The van der Waals surface area contributed by atoms with Crippen molar-refractivity contribution in [2.45, 2.75) is 237 Å². The molecule has 462 valence electrons. The first-order chi connectivity index (χ1) is 38.2. The van der Waals surface area contributed by atoms with Crippen LogP contribution in [0.5, 0.6) is 0 Å². The molecule has 0 aliphatic heterocycles. The van der Waals surface area contributed by atoms with Gasteiger partial charge in [0.05, 0.1) is 38.9 Å². The average molecular weight is 1140 g/mol. The molecule has 8 bridgehead atoms. The number of esters is 8. The van der Waals surface area contributed by atoms with Crippen LogP contribution >= 0.6 is 0 Å².